The Morgan fingerprint density at radius 1 is 1.29 bits per heavy atom. The molecule has 0 heterocycles. The monoisotopic (exact) mass is 235 g/mol. The van der Waals surface area contributed by atoms with Crippen molar-refractivity contribution in [2.45, 2.75) is 46.6 Å². The van der Waals surface area contributed by atoms with Crippen molar-refractivity contribution >= 4 is 0 Å². The van der Waals surface area contributed by atoms with E-state index in [-0.39, 0.29) is 6.04 Å². The summed E-state index contributed by atoms with van der Waals surface area (Å²) in [6.07, 6.45) is 2.00. The second kappa shape index (κ2) is 6.06. The van der Waals surface area contributed by atoms with Gasteiger partial charge in [0.25, 0.3) is 0 Å². The molecular weight excluding hydrogens is 210 g/mol. The van der Waals surface area contributed by atoms with Gasteiger partial charge in [-0.3, -0.25) is 0 Å². The maximum absolute atomic E-state index is 6.01. The maximum atomic E-state index is 6.01. The van der Waals surface area contributed by atoms with Crippen molar-refractivity contribution in [3.63, 3.8) is 0 Å². The molecule has 0 radical (unpaired) electrons. The van der Waals surface area contributed by atoms with Crippen LogP contribution in [-0.2, 0) is 0 Å². The topological polar surface area (TPSA) is 35.2 Å². The Morgan fingerprint density at radius 2 is 2.00 bits per heavy atom. The smallest absolute Gasteiger partial charge is 0.119 e. The molecule has 0 aliphatic carbocycles. The Kier molecular flexibility index (Phi) is 5.01. The molecule has 0 saturated carbocycles. The molecule has 0 fully saturated rings. The molecule has 0 aliphatic rings. The van der Waals surface area contributed by atoms with Gasteiger partial charge in [0.15, 0.2) is 0 Å². The van der Waals surface area contributed by atoms with E-state index in [1.807, 2.05) is 12.1 Å². The summed E-state index contributed by atoms with van der Waals surface area (Å²) < 4.78 is 5.76. The van der Waals surface area contributed by atoms with Crippen LogP contribution in [-0.4, -0.2) is 6.61 Å². The minimum atomic E-state index is 0.112. The lowest BCUT2D eigenvalue weighted by Crippen LogP contribution is -2.12. The number of rotatable bonds is 5. The lowest BCUT2D eigenvalue weighted by atomic mass is 9.93. The Morgan fingerprint density at radius 3 is 2.59 bits per heavy atom. The highest BCUT2D eigenvalue weighted by molar-refractivity contribution is 5.30. The highest BCUT2D eigenvalue weighted by Crippen LogP contribution is 2.22. The third-order valence-corrected chi connectivity index (χ3v) is 2.85. The van der Waals surface area contributed by atoms with Crippen LogP contribution < -0.4 is 10.5 Å². The van der Waals surface area contributed by atoms with Crippen molar-refractivity contribution in [3.05, 3.63) is 29.8 Å². The minimum Gasteiger partial charge on any atom is -0.494 e. The second-order valence-electron chi connectivity index (χ2n) is 5.75. The molecule has 96 valence electrons. The molecule has 0 bridgehead atoms. The van der Waals surface area contributed by atoms with Gasteiger partial charge in [-0.1, -0.05) is 39.8 Å². The third-order valence-electron chi connectivity index (χ3n) is 2.85. The molecule has 2 N–H and O–H groups in total. The van der Waals surface area contributed by atoms with Crippen molar-refractivity contribution in [1.29, 1.82) is 0 Å². The van der Waals surface area contributed by atoms with Gasteiger partial charge in [-0.15, -0.1) is 0 Å². The normalized spacial score (nSPS) is 13.5. The molecule has 0 saturated heterocycles. The van der Waals surface area contributed by atoms with Gasteiger partial charge in [-0.25, -0.2) is 0 Å². The highest BCUT2D eigenvalue weighted by Gasteiger charge is 2.10. The number of benzene rings is 1. The van der Waals surface area contributed by atoms with Crippen molar-refractivity contribution < 1.29 is 4.74 Å². The fourth-order valence-electron chi connectivity index (χ4n) is 1.55. The molecule has 2 heteroatoms. The average molecular weight is 235 g/mol. The van der Waals surface area contributed by atoms with Gasteiger partial charge < -0.3 is 10.5 Å². The molecule has 0 spiro atoms. The number of hydrogen-bond acceptors (Lipinski definition) is 2. The van der Waals surface area contributed by atoms with E-state index in [1.54, 1.807) is 0 Å². The van der Waals surface area contributed by atoms with Crippen LogP contribution in [0.25, 0.3) is 0 Å². The van der Waals surface area contributed by atoms with Crippen LogP contribution in [0.2, 0.25) is 0 Å². The van der Waals surface area contributed by atoms with Gasteiger partial charge in [-0.05, 0) is 36.0 Å². The molecule has 2 nitrogen and oxygen atoms in total. The van der Waals surface area contributed by atoms with Crippen molar-refractivity contribution in [2.24, 2.45) is 11.1 Å². The molecule has 0 aromatic heterocycles. The van der Waals surface area contributed by atoms with E-state index in [2.05, 4.69) is 39.8 Å². The van der Waals surface area contributed by atoms with Crippen LogP contribution in [0.5, 0.6) is 5.75 Å². The predicted octanol–water partition coefficient (Wildman–Crippen LogP) is 3.91. The van der Waals surface area contributed by atoms with Crippen LogP contribution in [0.3, 0.4) is 0 Å². The van der Waals surface area contributed by atoms with E-state index in [0.717, 1.165) is 30.8 Å². The van der Waals surface area contributed by atoms with Crippen LogP contribution in [0.15, 0.2) is 24.3 Å². The van der Waals surface area contributed by atoms with Gasteiger partial charge in [0, 0.05) is 6.04 Å². The molecule has 0 aliphatic heterocycles. The molecule has 0 amide bonds. The summed E-state index contributed by atoms with van der Waals surface area (Å²) >= 11 is 0. The first-order chi connectivity index (χ1) is 7.92. The first-order valence-corrected chi connectivity index (χ1v) is 6.41. The number of ether oxygens (including phenoxy) is 1. The molecule has 1 unspecified atom stereocenters. The largest absolute Gasteiger partial charge is 0.494 e. The summed E-state index contributed by atoms with van der Waals surface area (Å²) in [5.74, 6) is 0.927. The van der Waals surface area contributed by atoms with E-state index in [0.29, 0.717) is 5.41 Å². The van der Waals surface area contributed by atoms with Crippen LogP contribution in [0, 0.1) is 5.41 Å². The summed E-state index contributed by atoms with van der Waals surface area (Å²) in [5, 5.41) is 0. The Hall–Kier alpha value is -1.02. The Balaban J connectivity index is 2.54. The van der Waals surface area contributed by atoms with E-state index in [1.165, 1.54) is 0 Å². The lowest BCUT2D eigenvalue weighted by molar-refractivity contribution is 0.243. The zero-order valence-corrected chi connectivity index (χ0v) is 11.5. The van der Waals surface area contributed by atoms with Gasteiger partial charge in [-0.2, -0.15) is 0 Å². The highest BCUT2D eigenvalue weighted by atomic mass is 16.5. The molecule has 1 aromatic carbocycles. The quantitative estimate of drug-likeness (QED) is 0.839. The summed E-state index contributed by atoms with van der Waals surface area (Å²) in [4.78, 5) is 0. The molecule has 1 atom stereocenters. The zero-order valence-electron chi connectivity index (χ0n) is 11.5. The third kappa shape index (κ3) is 5.22. The van der Waals surface area contributed by atoms with E-state index in [9.17, 15) is 0 Å². The van der Waals surface area contributed by atoms with Crippen molar-refractivity contribution in [3.8, 4) is 5.75 Å². The summed E-state index contributed by atoms with van der Waals surface area (Å²) in [7, 11) is 0. The average Bonchev–Trinajstić information content (AvgIpc) is 2.27. The SMILES string of the molecule is CCC(N)c1cccc(OCCC(C)(C)C)c1. The number of hydrogen-bond donors (Lipinski definition) is 1. The van der Waals surface area contributed by atoms with Gasteiger partial charge in [0.1, 0.15) is 5.75 Å². The second-order valence-corrected chi connectivity index (χ2v) is 5.75. The molecular formula is C15H25NO. The zero-order chi connectivity index (χ0) is 12.9. The first-order valence-electron chi connectivity index (χ1n) is 6.41. The van der Waals surface area contributed by atoms with Crippen molar-refractivity contribution in [2.75, 3.05) is 6.61 Å². The minimum absolute atomic E-state index is 0.112. The van der Waals surface area contributed by atoms with E-state index in [4.69, 9.17) is 10.5 Å². The van der Waals surface area contributed by atoms with Crippen LogP contribution in [0.4, 0.5) is 0 Å². The van der Waals surface area contributed by atoms with E-state index >= 15 is 0 Å². The van der Waals surface area contributed by atoms with Crippen LogP contribution >= 0.6 is 0 Å². The fraction of sp³-hybridized carbons (Fsp3) is 0.600. The van der Waals surface area contributed by atoms with Gasteiger partial charge >= 0.3 is 0 Å². The van der Waals surface area contributed by atoms with Gasteiger partial charge in [0.2, 0.25) is 0 Å². The maximum Gasteiger partial charge on any atom is 0.119 e. The molecule has 17 heavy (non-hydrogen) atoms. The summed E-state index contributed by atoms with van der Waals surface area (Å²) in [6.45, 7) is 9.52. The van der Waals surface area contributed by atoms with Crippen molar-refractivity contribution in [1.82, 2.24) is 0 Å². The fourth-order valence-corrected chi connectivity index (χ4v) is 1.55. The Labute approximate surface area is 105 Å². The lowest BCUT2D eigenvalue weighted by Gasteiger charge is -2.18. The standard InChI is InChI=1S/C15H25NO/c1-5-14(16)12-7-6-8-13(11-12)17-10-9-15(2,3)4/h6-8,11,14H,5,9-10,16H2,1-4H3. The van der Waals surface area contributed by atoms with E-state index < -0.39 is 0 Å². The Bertz CT molecular complexity index is 341. The van der Waals surface area contributed by atoms with Gasteiger partial charge in [0.05, 0.1) is 6.61 Å². The first kappa shape index (κ1) is 14.0. The molecule has 1 rings (SSSR count). The molecule has 1 aromatic rings. The predicted molar refractivity (Wildman–Crippen MR) is 73.2 cm³/mol. The van der Waals surface area contributed by atoms with Crippen LogP contribution in [0.1, 0.15) is 52.1 Å². The summed E-state index contributed by atoms with van der Waals surface area (Å²) in [5.41, 5.74) is 7.48. The number of nitrogens with two attached hydrogens (primary N) is 1. The summed E-state index contributed by atoms with van der Waals surface area (Å²) in [6, 6.07) is 8.23.